The minimum Gasteiger partial charge on any atom is -0.507 e. The molecule has 0 saturated heterocycles. The third-order valence-corrected chi connectivity index (χ3v) is 9.36. The van der Waals surface area contributed by atoms with Crippen molar-refractivity contribution in [2.24, 2.45) is 9.98 Å². The molecule has 1 aliphatic carbocycles. The third-order valence-electron chi connectivity index (χ3n) is 9.36. The van der Waals surface area contributed by atoms with Gasteiger partial charge in [0.1, 0.15) is 11.5 Å². The van der Waals surface area contributed by atoms with Crippen molar-refractivity contribution in [2.45, 2.75) is 90.1 Å². The summed E-state index contributed by atoms with van der Waals surface area (Å²) in [5.41, 5.74) is 9.05. The van der Waals surface area contributed by atoms with Gasteiger partial charge in [0.05, 0.1) is 12.1 Å². The fourth-order valence-corrected chi connectivity index (χ4v) is 6.40. The van der Waals surface area contributed by atoms with Crippen molar-refractivity contribution < 1.29 is 10.2 Å². The molecule has 4 aromatic rings. The van der Waals surface area contributed by atoms with Crippen molar-refractivity contribution in [3.63, 3.8) is 0 Å². The van der Waals surface area contributed by atoms with E-state index in [1.165, 1.54) is 0 Å². The van der Waals surface area contributed by atoms with E-state index in [1.807, 2.05) is 36.7 Å². The number of hydrogen-bond donors (Lipinski definition) is 2. The lowest BCUT2D eigenvalue weighted by atomic mass is 9.83. The van der Waals surface area contributed by atoms with Crippen molar-refractivity contribution in [1.82, 2.24) is 0 Å². The second-order valence-electron chi connectivity index (χ2n) is 15.1. The average Bonchev–Trinajstić information content (AvgIpc) is 3.06. The zero-order chi connectivity index (χ0) is 34.6. The molecule has 0 heterocycles. The standard InChI is InChI=1S/C44H50N2O2/c1-9-29-15-19-31(20-16-29)33-23-35(41(47)37(25-33)43(3,4)5)27-45-39-13-11-12-14-40(39)46-28-36-24-34(26-38(42(36)48)44(6,7)8)32-21-17-30(10-2)18-22-32/h9-10,15-28,39-40,47-48H,1-2,11-14H2,3-8H3/t39-,40-/m1/s1. The van der Waals surface area contributed by atoms with Gasteiger partial charge in [-0.15, -0.1) is 0 Å². The molecule has 0 aliphatic heterocycles. The summed E-state index contributed by atoms with van der Waals surface area (Å²) in [6.07, 6.45) is 11.4. The highest BCUT2D eigenvalue weighted by Gasteiger charge is 2.26. The molecule has 48 heavy (non-hydrogen) atoms. The highest BCUT2D eigenvalue weighted by atomic mass is 16.3. The first-order chi connectivity index (χ1) is 22.8. The summed E-state index contributed by atoms with van der Waals surface area (Å²) in [5, 5.41) is 22.9. The van der Waals surface area contributed by atoms with E-state index < -0.39 is 0 Å². The highest BCUT2D eigenvalue weighted by Crippen LogP contribution is 2.39. The topological polar surface area (TPSA) is 65.2 Å². The van der Waals surface area contributed by atoms with E-state index in [2.05, 4.69) is 115 Å². The highest BCUT2D eigenvalue weighted by molar-refractivity contribution is 5.89. The van der Waals surface area contributed by atoms with Crippen LogP contribution in [0.2, 0.25) is 0 Å². The fraction of sp³-hybridized carbons (Fsp3) is 0.318. The summed E-state index contributed by atoms with van der Waals surface area (Å²) in [6.45, 7) is 20.4. The summed E-state index contributed by atoms with van der Waals surface area (Å²) in [6, 6.07) is 24.8. The number of phenols is 2. The van der Waals surface area contributed by atoms with E-state index in [1.54, 1.807) is 0 Å². The van der Waals surface area contributed by atoms with Crippen LogP contribution < -0.4 is 0 Å². The Morgan fingerprint density at radius 2 is 0.917 bits per heavy atom. The van der Waals surface area contributed by atoms with Crippen molar-refractivity contribution in [1.29, 1.82) is 0 Å². The Labute approximate surface area is 287 Å². The SMILES string of the molecule is C=Cc1ccc(-c2cc(C=N[C@@H]3CCCC[C@H]3N=Cc3cc(-c4ccc(C=C)cc4)cc(C(C)(C)C)c3O)c(O)c(C(C)(C)C)c2)cc1. The maximum atomic E-state index is 11.4. The minimum atomic E-state index is -0.252. The Bertz CT molecular complexity index is 1690. The lowest BCUT2D eigenvalue weighted by Gasteiger charge is -2.26. The predicted molar refractivity (Wildman–Crippen MR) is 206 cm³/mol. The van der Waals surface area contributed by atoms with Gasteiger partial charge in [-0.1, -0.05) is 128 Å². The summed E-state index contributed by atoms with van der Waals surface area (Å²) in [5.74, 6) is 0.539. The van der Waals surface area contributed by atoms with Crippen LogP contribution in [0.5, 0.6) is 11.5 Å². The summed E-state index contributed by atoms with van der Waals surface area (Å²) >= 11 is 0. The van der Waals surface area contributed by atoms with Gasteiger partial charge in [-0.05, 0) is 81.3 Å². The quantitative estimate of drug-likeness (QED) is 0.189. The third kappa shape index (κ3) is 7.87. The lowest BCUT2D eigenvalue weighted by Crippen LogP contribution is -2.27. The van der Waals surface area contributed by atoms with Crippen molar-refractivity contribution >= 4 is 24.6 Å². The molecule has 0 amide bonds. The molecule has 0 aromatic heterocycles. The Kier molecular flexibility index (Phi) is 10.2. The molecule has 5 rings (SSSR count). The zero-order valence-corrected chi connectivity index (χ0v) is 29.4. The molecule has 0 radical (unpaired) electrons. The second-order valence-corrected chi connectivity index (χ2v) is 15.1. The van der Waals surface area contributed by atoms with Crippen molar-refractivity contribution in [3.8, 4) is 33.8 Å². The Balaban J connectivity index is 1.48. The van der Waals surface area contributed by atoms with Gasteiger partial charge < -0.3 is 10.2 Å². The van der Waals surface area contributed by atoms with Crippen LogP contribution in [0.25, 0.3) is 34.4 Å². The largest absolute Gasteiger partial charge is 0.507 e. The summed E-state index contributed by atoms with van der Waals surface area (Å²) in [4.78, 5) is 10.1. The van der Waals surface area contributed by atoms with Gasteiger partial charge in [-0.25, -0.2) is 0 Å². The smallest absolute Gasteiger partial charge is 0.128 e. The van der Waals surface area contributed by atoms with Gasteiger partial charge in [0.2, 0.25) is 0 Å². The maximum absolute atomic E-state index is 11.4. The van der Waals surface area contributed by atoms with Gasteiger partial charge >= 0.3 is 0 Å². The average molecular weight is 639 g/mol. The van der Waals surface area contributed by atoms with Gasteiger partial charge in [0.25, 0.3) is 0 Å². The van der Waals surface area contributed by atoms with Gasteiger partial charge in [0.15, 0.2) is 0 Å². The lowest BCUT2D eigenvalue weighted by molar-refractivity contribution is 0.390. The Morgan fingerprint density at radius 3 is 1.23 bits per heavy atom. The molecule has 1 saturated carbocycles. The minimum absolute atomic E-state index is 0.0260. The van der Waals surface area contributed by atoms with E-state index >= 15 is 0 Å². The van der Waals surface area contributed by atoms with Crippen LogP contribution >= 0.6 is 0 Å². The molecule has 248 valence electrons. The molecule has 2 atom stereocenters. The molecule has 4 nitrogen and oxygen atoms in total. The van der Waals surface area contributed by atoms with E-state index in [-0.39, 0.29) is 34.4 Å². The second kappa shape index (κ2) is 14.2. The Hall–Kier alpha value is -4.70. The normalized spacial score (nSPS) is 17.2. The van der Waals surface area contributed by atoms with Crippen LogP contribution in [-0.2, 0) is 10.8 Å². The van der Waals surface area contributed by atoms with E-state index in [4.69, 9.17) is 9.98 Å². The van der Waals surface area contributed by atoms with Crippen molar-refractivity contribution in [3.05, 3.63) is 119 Å². The predicted octanol–water partition coefficient (Wildman–Crippen LogP) is 11.2. The first-order valence-electron chi connectivity index (χ1n) is 17.1. The monoisotopic (exact) mass is 638 g/mol. The van der Waals surface area contributed by atoms with Crippen LogP contribution in [0, 0.1) is 0 Å². The number of hydrogen-bond acceptors (Lipinski definition) is 4. The summed E-state index contributed by atoms with van der Waals surface area (Å²) < 4.78 is 0. The molecule has 0 bridgehead atoms. The first kappa shape index (κ1) is 34.6. The van der Waals surface area contributed by atoms with Crippen LogP contribution in [-0.4, -0.2) is 34.7 Å². The van der Waals surface area contributed by atoms with Crippen LogP contribution in [0.4, 0.5) is 0 Å². The van der Waals surface area contributed by atoms with E-state index in [9.17, 15) is 10.2 Å². The molecule has 0 unspecified atom stereocenters. The number of nitrogens with zero attached hydrogens (tertiary/aromatic N) is 2. The molecule has 1 aliphatic rings. The molecule has 4 heteroatoms. The molecular formula is C44H50N2O2. The van der Waals surface area contributed by atoms with Gasteiger partial charge in [0, 0.05) is 34.7 Å². The van der Waals surface area contributed by atoms with Gasteiger partial charge in [-0.3, -0.25) is 9.98 Å². The van der Waals surface area contributed by atoms with Crippen LogP contribution in [0.3, 0.4) is 0 Å². The maximum Gasteiger partial charge on any atom is 0.128 e. The fourth-order valence-electron chi connectivity index (χ4n) is 6.40. The number of phenolic OH excluding ortho intramolecular Hbond substituents is 2. The number of aromatic hydroxyl groups is 2. The van der Waals surface area contributed by atoms with Gasteiger partial charge in [-0.2, -0.15) is 0 Å². The molecule has 4 aromatic carbocycles. The molecule has 2 N–H and O–H groups in total. The number of rotatable bonds is 8. The van der Waals surface area contributed by atoms with Crippen molar-refractivity contribution in [2.75, 3.05) is 0 Å². The zero-order valence-electron chi connectivity index (χ0n) is 29.4. The molecule has 0 spiro atoms. The number of aliphatic imine (C=N–C) groups is 2. The molecular weight excluding hydrogens is 588 g/mol. The van der Waals surface area contributed by atoms with Crippen LogP contribution in [0.1, 0.15) is 101 Å². The van der Waals surface area contributed by atoms with E-state index in [0.717, 1.165) is 70.2 Å². The van der Waals surface area contributed by atoms with E-state index in [0.29, 0.717) is 11.1 Å². The summed E-state index contributed by atoms with van der Waals surface area (Å²) in [7, 11) is 0. The first-order valence-corrected chi connectivity index (χ1v) is 17.1. The number of benzene rings is 4. The Morgan fingerprint density at radius 1 is 0.562 bits per heavy atom. The van der Waals surface area contributed by atoms with Crippen LogP contribution in [0.15, 0.2) is 95.9 Å². The molecule has 1 fully saturated rings.